The van der Waals surface area contributed by atoms with Crippen LogP contribution >= 0.6 is 0 Å². The fourth-order valence-electron chi connectivity index (χ4n) is 2.60. The zero-order chi connectivity index (χ0) is 14.0. The average Bonchev–Trinajstić information content (AvgIpc) is 2.38. The van der Waals surface area contributed by atoms with Crippen molar-refractivity contribution in [3.63, 3.8) is 0 Å². The van der Waals surface area contributed by atoms with E-state index < -0.39 is 11.8 Å². The number of benzene rings is 1. The molecule has 1 aliphatic rings. The van der Waals surface area contributed by atoms with E-state index in [0.717, 1.165) is 25.9 Å². The first-order valence-corrected chi connectivity index (χ1v) is 6.44. The van der Waals surface area contributed by atoms with Gasteiger partial charge in [0, 0.05) is 13.1 Å². The van der Waals surface area contributed by atoms with Gasteiger partial charge in [-0.15, -0.1) is 0 Å². The quantitative estimate of drug-likeness (QED) is 0.909. The minimum atomic E-state index is -1.21. The number of piperidine rings is 1. The van der Waals surface area contributed by atoms with E-state index in [0.29, 0.717) is 5.69 Å². The summed E-state index contributed by atoms with van der Waals surface area (Å²) in [6.07, 6.45) is 1.92. The van der Waals surface area contributed by atoms with E-state index in [4.69, 9.17) is 5.11 Å². The molecule has 2 rings (SSSR count). The zero-order valence-electron chi connectivity index (χ0n) is 11.3. The molecule has 1 aliphatic heterocycles. The van der Waals surface area contributed by atoms with E-state index in [1.807, 2.05) is 11.9 Å². The maximum absolute atomic E-state index is 13.7. The third-order valence-electron chi connectivity index (χ3n) is 3.82. The summed E-state index contributed by atoms with van der Waals surface area (Å²) in [6, 6.07) is 4.68. The summed E-state index contributed by atoms with van der Waals surface area (Å²) in [5.41, 5.74) is 0.228. The summed E-state index contributed by atoms with van der Waals surface area (Å²) in [6.45, 7) is 1.96. The Bertz CT molecular complexity index is 471. The van der Waals surface area contributed by atoms with Crippen molar-refractivity contribution in [1.82, 2.24) is 4.90 Å². The minimum absolute atomic E-state index is 0.232. The molecular formula is C14H19FN2O2. The number of rotatable bonds is 3. The summed E-state index contributed by atoms with van der Waals surface area (Å²) in [5, 5.41) is 9.16. The molecule has 0 atom stereocenters. The lowest BCUT2D eigenvalue weighted by Gasteiger charge is -2.36. The summed E-state index contributed by atoms with van der Waals surface area (Å²) >= 11 is 0. The van der Waals surface area contributed by atoms with Gasteiger partial charge >= 0.3 is 5.97 Å². The Morgan fingerprint density at radius 2 is 2.05 bits per heavy atom. The molecule has 0 aromatic heterocycles. The van der Waals surface area contributed by atoms with Gasteiger partial charge in [0.25, 0.3) is 0 Å². The molecular weight excluding hydrogens is 247 g/mol. The fraction of sp³-hybridized carbons (Fsp3) is 0.500. The number of carbonyl (C=O) groups is 1. The van der Waals surface area contributed by atoms with Gasteiger partial charge in [0.1, 0.15) is 11.4 Å². The molecule has 0 amide bonds. The maximum Gasteiger partial charge on any atom is 0.340 e. The van der Waals surface area contributed by atoms with Gasteiger partial charge in [0.15, 0.2) is 0 Å². The van der Waals surface area contributed by atoms with Crippen LogP contribution < -0.4 is 4.90 Å². The highest BCUT2D eigenvalue weighted by Gasteiger charge is 2.25. The van der Waals surface area contributed by atoms with Crippen LogP contribution in [0.1, 0.15) is 23.2 Å². The Hall–Kier alpha value is -1.62. The lowest BCUT2D eigenvalue weighted by Crippen LogP contribution is -2.42. The number of likely N-dealkylation sites (tertiary alicyclic amines) is 1. The Kier molecular flexibility index (Phi) is 4.04. The number of carboxylic acid groups (broad SMARTS) is 1. The van der Waals surface area contributed by atoms with Crippen molar-refractivity contribution < 1.29 is 14.3 Å². The number of hydrogen-bond acceptors (Lipinski definition) is 3. The summed E-state index contributed by atoms with van der Waals surface area (Å²) in [4.78, 5) is 15.4. The first kappa shape index (κ1) is 13.8. The van der Waals surface area contributed by atoms with Crippen LogP contribution in [0.25, 0.3) is 0 Å². The van der Waals surface area contributed by atoms with Crippen molar-refractivity contribution in [1.29, 1.82) is 0 Å². The van der Waals surface area contributed by atoms with E-state index in [-0.39, 0.29) is 11.6 Å². The second-order valence-electron chi connectivity index (χ2n) is 5.08. The highest BCUT2D eigenvalue weighted by molar-refractivity contribution is 5.94. The van der Waals surface area contributed by atoms with Crippen LogP contribution in [0.15, 0.2) is 18.2 Å². The standard InChI is InChI=1S/C14H19FN2O2/c1-16-8-6-10(7-9-16)17(2)12-5-3-4-11(15)13(12)14(18)19/h3-5,10H,6-9H2,1-2H3,(H,18,19). The van der Waals surface area contributed by atoms with Crippen molar-refractivity contribution in [2.24, 2.45) is 0 Å². The van der Waals surface area contributed by atoms with Gasteiger partial charge in [-0.25, -0.2) is 9.18 Å². The third kappa shape index (κ3) is 2.87. The van der Waals surface area contributed by atoms with Crippen LogP contribution in [-0.4, -0.2) is 49.2 Å². The smallest absolute Gasteiger partial charge is 0.340 e. The number of anilines is 1. The van der Waals surface area contributed by atoms with E-state index in [1.54, 1.807) is 12.1 Å². The minimum Gasteiger partial charge on any atom is -0.478 e. The molecule has 1 aromatic rings. The molecule has 0 bridgehead atoms. The number of aromatic carboxylic acids is 1. The predicted molar refractivity (Wildman–Crippen MR) is 72.3 cm³/mol. The molecule has 0 radical (unpaired) electrons. The van der Waals surface area contributed by atoms with Crippen molar-refractivity contribution >= 4 is 11.7 Å². The molecule has 1 heterocycles. The molecule has 4 nitrogen and oxygen atoms in total. The van der Waals surface area contributed by atoms with E-state index in [1.165, 1.54) is 6.07 Å². The first-order valence-electron chi connectivity index (χ1n) is 6.44. The van der Waals surface area contributed by atoms with Crippen LogP contribution in [0.5, 0.6) is 0 Å². The summed E-state index contributed by atoms with van der Waals surface area (Å²) in [5.74, 6) is -1.89. The molecule has 1 fully saturated rings. The Balaban J connectivity index is 2.26. The third-order valence-corrected chi connectivity index (χ3v) is 3.82. The molecule has 1 N–H and O–H groups in total. The number of carboxylic acids is 1. The molecule has 0 spiro atoms. The van der Waals surface area contributed by atoms with Gasteiger partial charge in [-0.1, -0.05) is 6.07 Å². The summed E-state index contributed by atoms with van der Waals surface area (Å²) < 4.78 is 13.7. The van der Waals surface area contributed by atoms with Crippen molar-refractivity contribution in [2.75, 3.05) is 32.1 Å². The van der Waals surface area contributed by atoms with Gasteiger partial charge in [-0.2, -0.15) is 0 Å². The number of nitrogens with zero attached hydrogens (tertiary/aromatic N) is 2. The van der Waals surface area contributed by atoms with Crippen LogP contribution in [0, 0.1) is 5.82 Å². The SMILES string of the molecule is CN1CCC(N(C)c2cccc(F)c2C(=O)O)CC1. The molecule has 1 saturated heterocycles. The monoisotopic (exact) mass is 266 g/mol. The van der Waals surface area contributed by atoms with Crippen LogP contribution in [0.2, 0.25) is 0 Å². The summed E-state index contributed by atoms with van der Waals surface area (Å²) in [7, 11) is 3.91. The zero-order valence-corrected chi connectivity index (χ0v) is 11.3. The molecule has 19 heavy (non-hydrogen) atoms. The maximum atomic E-state index is 13.7. The Morgan fingerprint density at radius 1 is 1.42 bits per heavy atom. The van der Waals surface area contributed by atoms with Crippen molar-refractivity contribution in [2.45, 2.75) is 18.9 Å². The normalized spacial score (nSPS) is 17.4. The topological polar surface area (TPSA) is 43.8 Å². The lowest BCUT2D eigenvalue weighted by molar-refractivity contribution is 0.0692. The highest BCUT2D eigenvalue weighted by Crippen LogP contribution is 2.27. The average molecular weight is 266 g/mol. The van der Waals surface area contributed by atoms with Crippen molar-refractivity contribution in [3.05, 3.63) is 29.6 Å². The molecule has 0 aliphatic carbocycles. The van der Waals surface area contributed by atoms with E-state index in [9.17, 15) is 9.18 Å². The highest BCUT2D eigenvalue weighted by atomic mass is 19.1. The second-order valence-corrected chi connectivity index (χ2v) is 5.08. The second kappa shape index (κ2) is 5.57. The largest absolute Gasteiger partial charge is 0.478 e. The molecule has 5 heteroatoms. The Morgan fingerprint density at radius 3 is 2.63 bits per heavy atom. The van der Waals surface area contributed by atoms with Crippen LogP contribution in [0.4, 0.5) is 10.1 Å². The van der Waals surface area contributed by atoms with Gasteiger partial charge in [-0.3, -0.25) is 0 Å². The molecule has 0 saturated carbocycles. The molecule has 1 aromatic carbocycles. The number of hydrogen-bond donors (Lipinski definition) is 1. The lowest BCUT2D eigenvalue weighted by atomic mass is 10.0. The van der Waals surface area contributed by atoms with Gasteiger partial charge in [0.2, 0.25) is 0 Å². The molecule has 104 valence electrons. The predicted octanol–water partition coefficient (Wildman–Crippen LogP) is 2.05. The van der Waals surface area contributed by atoms with Crippen LogP contribution in [0.3, 0.4) is 0 Å². The van der Waals surface area contributed by atoms with Gasteiger partial charge < -0.3 is 14.9 Å². The fourth-order valence-corrected chi connectivity index (χ4v) is 2.60. The first-order chi connectivity index (χ1) is 9.00. The van der Waals surface area contributed by atoms with Gasteiger partial charge in [0.05, 0.1) is 5.69 Å². The van der Waals surface area contributed by atoms with Crippen LogP contribution in [-0.2, 0) is 0 Å². The number of halogens is 1. The Labute approximate surface area is 112 Å². The van der Waals surface area contributed by atoms with E-state index in [2.05, 4.69) is 11.9 Å². The molecule has 0 unspecified atom stereocenters. The van der Waals surface area contributed by atoms with Gasteiger partial charge in [-0.05, 0) is 45.1 Å². The van der Waals surface area contributed by atoms with E-state index >= 15 is 0 Å². The van der Waals surface area contributed by atoms with Crippen molar-refractivity contribution in [3.8, 4) is 0 Å².